The molecule has 57 heavy (non-hydrogen) atoms. The van der Waals surface area contributed by atoms with Crippen LogP contribution in [-0.4, -0.2) is 4.98 Å². The molecule has 0 amide bonds. The van der Waals surface area contributed by atoms with Gasteiger partial charge in [0, 0.05) is 38.1 Å². The van der Waals surface area contributed by atoms with Crippen molar-refractivity contribution in [2.24, 2.45) is 0 Å². The van der Waals surface area contributed by atoms with Gasteiger partial charge in [0.25, 0.3) is 0 Å². The molecule has 10 aromatic carbocycles. The number of rotatable bonds is 4. The molecule has 2 heteroatoms. The lowest BCUT2D eigenvalue weighted by Gasteiger charge is -2.16. The van der Waals surface area contributed by atoms with Crippen molar-refractivity contribution in [3.8, 4) is 44.6 Å². The van der Waals surface area contributed by atoms with Crippen LogP contribution in [0.3, 0.4) is 0 Å². The van der Waals surface area contributed by atoms with Gasteiger partial charge in [0.05, 0.1) is 11.2 Å². The maximum Gasteiger partial charge on any atom is 0.136 e. The molecule has 2 heterocycles. The summed E-state index contributed by atoms with van der Waals surface area (Å²) in [4.78, 5) is 5.28. The summed E-state index contributed by atoms with van der Waals surface area (Å²) in [7, 11) is 0. The van der Waals surface area contributed by atoms with Crippen molar-refractivity contribution < 1.29 is 4.42 Å². The van der Waals surface area contributed by atoms with Crippen molar-refractivity contribution in [3.63, 3.8) is 0 Å². The molecule has 0 N–H and O–H groups in total. The van der Waals surface area contributed by atoms with Gasteiger partial charge in [0.2, 0.25) is 0 Å². The molecule has 12 aromatic rings. The van der Waals surface area contributed by atoms with Crippen LogP contribution >= 0.6 is 0 Å². The van der Waals surface area contributed by atoms with Crippen molar-refractivity contribution in [2.75, 3.05) is 0 Å². The summed E-state index contributed by atoms with van der Waals surface area (Å²) >= 11 is 0. The summed E-state index contributed by atoms with van der Waals surface area (Å²) in [5.74, 6) is 0. The zero-order chi connectivity index (χ0) is 37.5. The van der Waals surface area contributed by atoms with E-state index in [4.69, 9.17) is 9.40 Å². The van der Waals surface area contributed by atoms with E-state index in [9.17, 15) is 0 Å². The highest BCUT2D eigenvalue weighted by molar-refractivity contribution is 6.28. The van der Waals surface area contributed by atoms with Crippen molar-refractivity contribution in [3.05, 3.63) is 200 Å². The summed E-state index contributed by atoms with van der Waals surface area (Å²) in [5.41, 5.74) is 11.8. The van der Waals surface area contributed by atoms with Crippen molar-refractivity contribution in [2.45, 2.75) is 0 Å². The molecule has 2 nitrogen and oxygen atoms in total. The smallest absolute Gasteiger partial charge is 0.136 e. The highest BCUT2D eigenvalue weighted by atomic mass is 16.3. The Labute approximate surface area is 328 Å². The Bertz CT molecular complexity index is 3540. The molecule has 0 bridgehead atoms. The zero-order valence-electron chi connectivity index (χ0n) is 30.9. The predicted octanol–water partition coefficient (Wildman–Crippen LogP) is 15.4. The van der Waals surface area contributed by atoms with E-state index in [-0.39, 0.29) is 0 Å². The number of hydrogen-bond donors (Lipinski definition) is 0. The van der Waals surface area contributed by atoms with E-state index < -0.39 is 0 Å². The molecule has 0 saturated carbocycles. The molecule has 0 aliphatic rings. The average Bonchev–Trinajstić information content (AvgIpc) is 3.66. The molecule has 0 unspecified atom stereocenters. The number of fused-ring (bicyclic) bond motifs is 12. The number of benzene rings is 10. The third-order valence-corrected chi connectivity index (χ3v) is 11.8. The van der Waals surface area contributed by atoms with Crippen molar-refractivity contribution >= 4 is 75.9 Å². The molecule has 0 aliphatic heterocycles. The number of aromatic nitrogens is 1. The number of para-hydroxylation sites is 2. The zero-order valence-corrected chi connectivity index (χ0v) is 30.9. The fourth-order valence-corrected chi connectivity index (χ4v) is 9.24. The minimum Gasteiger partial charge on any atom is -0.456 e. The van der Waals surface area contributed by atoms with Crippen LogP contribution in [0.25, 0.3) is 121 Å². The fraction of sp³-hybridized carbons (Fsp3) is 0. The highest BCUT2D eigenvalue weighted by Gasteiger charge is 2.22. The van der Waals surface area contributed by atoms with Crippen LogP contribution in [-0.2, 0) is 0 Å². The second-order valence-electron chi connectivity index (χ2n) is 15.0. The first-order valence-corrected chi connectivity index (χ1v) is 19.5. The van der Waals surface area contributed by atoms with Gasteiger partial charge in [-0.15, -0.1) is 0 Å². The van der Waals surface area contributed by atoms with Gasteiger partial charge < -0.3 is 4.42 Å². The Balaban J connectivity index is 1.08. The predicted molar refractivity (Wildman–Crippen MR) is 241 cm³/mol. The van der Waals surface area contributed by atoms with E-state index in [2.05, 4.69) is 194 Å². The largest absolute Gasteiger partial charge is 0.456 e. The average molecular weight is 724 g/mol. The lowest BCUT2D eigenvalue weighted by Crippen LogP contribution is -1.93. The summed E-state index contributed by atoms with van der Waals surface area (Å²) in [6, 6.07) is 72.2. The van der Waals surface area contributed by atoms with Gasteiger partial charge in [0.1, 0.15) is 11.2 Å². The maximum absolute atomic E-state index is 6.66. The maximum atomic E-state index is 6.66. The first kappa shape index (κ1) is 31.8. The second-order valence-corrected chi connectivity index (χ2v) is 15.0. The molecule has 2 aromatic heterocycles. The van der Waals surface area contributed by atoms with E-state index >= 15 is 0 Å². The number of hydrogen-bond acceptors (Lipinski definition) is 2. The minimum atomic E-state index is 0.858. The quantitative estimate of drug-likeness (QED) is 0.169. The Kier molecular flexibility index (Phi) is 6.96. The first-order valence-electron chi connectivity index (χ1n) is 19.5. The molecule has 0 fully saturated rings. The third-order valence-electron chi connectivity index (χ3n) is 11.8. The highest BCUT2D eigenvalue weighted by Crippen LogP contribution is 2.47. The van der Waals surface area contributed by atoms with Gasteiger partial charge in [-0.1, -0.05) is 164 Å². The van der Waals surface area contributed by atoms with Gasteiger partial charge in [-0.2, -0.15) is 0 Å². The lowest BCUT2D eigenvalue weighted by molar-refractivity contribution is 0.669. The molecule has 0 aliphatic carbocycles. The molecule has 0 radical (unpaired) electrons. The van der Waals surface area contributed by atoms with Crippen molar-refractivity contribution in [1.29, 1.82) is 0 Å². The topological polar surface area (TPSA) is 26.0 Å². The van der Waals surface area contributed by atoms with Gasteiger partial charge in [-0.3, -0.25) is 0 Å². The number of pyridine rings is 1. The van der Waals surface area contributed by atoms with Crippen LogP contribution < -0.4 is 0 Å². The summed E-state index contributed by atoms with van der Waals surface area (Å²) in [5, 5.41) is 13.3. The Morgan fingerprint density at radius 3 is 1.49 bits per heavy atom. The number of furan rings is 1. The van der Waals surface area contributed by atoms with E-state index in [1.807, 2.05) is 6.07 Å². The van der Waals surface area contributed by atoms with Crippen LogP contribution in [0.2, 0.25) is 0 Å². The number of nitrogens with zero attached hydrogens (tertiary/aromatic N) is 1. The van der Waals surface area contributed by atoms with Crippen LogP contribution in [0.15, 0.2) is 205 Å². The molecule has 12 rings (SSSR count). The second kappa shape index (κ2) is 12.5. The van der Waals surface area contributed by atoms with Crippen LogP contribution in [0.4, 0.5) is 0 Å². The molecule has 0 saturated heterocycles. The molecule has 264 valence electrons. The Morgan fingerprint density at radius 2 is 0.789 bits per heavy atom. The van der Waals surface area contributed by atoms with E-state index in [0.29, 0.717) is 0 Å². The van der Waals surface area contributed by atoms with Crippen LogP contribution in [0, 0.1) is 0 Å². The van der Waals surface area contributed by atoms with Gasteiger partial charge >= 0.3 is 0 Å². The van der Waals surface area contributed by atoms with E-state index in [1.54, 1.807) is 0 Å². The standard InChI is InChI=1S/C55H33NO/c1-2-14-34(15-3-1)55-48-33-51-54(46-25-9-11-27-50(46)57-51)52(53(48)45-24-8-10-26-49(45)56-55)39-19-13-18-37(31-39)35-16-12-17-36(30-35)38-28-29-44-42-22-5-4-20-40(42)41-21-6-7-23-43(41)47(44)32-38/h1-33H. The lowest BCUT2D eigenvalue weighted by atomic mass is 9.88. The third kappa shape index (κ3) is 4.94. The minimum absolute atomic E-state index is 0.858. The monoisotopic (exact) mass is 723 g/mol. The normalized spacial score (nSPS) is 11.9. The molecular formula is C55H33NO. The molecular weight excluding hydrogens is 691 g/mol. The fourth-order valence-electron chi connectivity index (χ4n) is 9.24. The van der Waals surface area contributed by atoms with E-state index in [1.165, 1.54) is 54.4 Å². The van der Waals surface area contributed by atoms with E-state index in [0.717, 1.165) is 66.2 Å². The summed E-state index contributed by atoms with van der Waals surface area (Å²) in [6.07, 6.45) is 0. The first-order chi connectivity index (χ1) is 28.3. The van der Waals surface area contributed by atoms with Gasteiger partial charge in [-0.25, -0.2) is 4.98 Å². The van der Waals surface area contributed by atoms with Crippen molar-refractivity contribution in [1.82, 2.24) is 4.98 Å². The van der Waals surface area contributed by atoms with Gasteiger partial charge in [-0.05, 0) is 96.5 Å². The summed E-state index contributed by atoms with van der Waals surface area (Å²) < 4.78 is 6.66. The summed E-state index contributed by atoms with van der Waals surface area (Å²) in [6.45, 7) is 0. The van der Waals surface area contributed by atoms with Crippen LogP contribution in [0.5, 0.6) is 0 Å². The SMILES string of the molecule is c1ccc(-c2nc3ccccc3c3c(-c4cccc(-c5cccc(-c6ccc7c8ccccc8c8ccccc8c7c6)c5)c4)c4c(cc23)oc2ccccc24)cc1. The molecule has 0 spiro atoms. The van der Waals surface area contributed by atoms with Crippen LogP contribution in [0.1, 0.15) is 0 Å². The molecule has 0 atom stereocenters. The Hall–Kier alpha value is -7.55. The Morgan fingerprint density at radius 1 is 0.281 bits per heavy atom. The van der Waals surface area contributed by atoms with Gasteiger partial charge in [0.15, 0.2) is 0 Å².